The highest BCUT2D eigenvalue weighted by atomic mass is 32.2. The van der Waals surface area contributed by atoms with E-state index < -0.39 is 27.1 Å². The van der Waals surface area contributed by atoms with E-state index in [1.165, 1.54) is 19.2 Å². The van der Waals surface area contributed by atoms with Gasteiger partial charge in [0.1, 0.15) is 5.76 Å². The molecule has 1 aromatic heterocycles. The Morgan fingerprint density at radius 3 is 2.84 bits per heavy atom. The summed E-state index contributed by atoms with van der Waals surface area (Å²) in [4.78, 5) is 11.3. The van der Waals surface area contributed by atoms with Crippen LogP contribution in [0.5, 0.6) is 0 Å². The van der Waals surface area contributed by atoms with Crippen LogP contribution in [0, 0.1) is 0 Å². The molecule has 1 fully saturated rings. The van der Waals surface area contributed by atoms with E-state index in [9.17, 15) is 13.2 Å². The van der Waals surface area contributed by atoms with Crippen LogP contribution in [0.2, 0.25) is 0 Å². The first-order valence-electron chi connectivity index (χ1n) is 6.11. The molecule has 7 heteroatoms. The molecule has 0 bridgehead atoms. The van der Waals surface area contributed by atoms with Crippen LogP contribution >= 0.6 is 0 Å². The normalized spacial score (nSPS) is 23.8. The van der Waals surface area contributed by atoms with Gasteiger partial charge in [-0.3, -0.25) is 0 Å². The van der Waals surface area contributed by atoms with Crippen molar-refractivity contribution in [3.8, 4) is 0 Å². The Kier molecular flexibility index (Phi) is 3.96. The van der Waals surface area contributed by atoms with E-state index in [0.29, 0.717) is 18.6 Å². The fraction of sp³-hybridized carbons (Fsp3) is 0.583. The summed E-state index contributed by atoms with van der Waals surface area (Å²) in [6.45, 7) is 0. The topological polar surface area (TPSA) is 99.6 Å². The molecule has 0 saturated carbocycles. The first-order chi connectivity index (χ1) is 8.95. The van der Waals surface area contributed by atoms with Crippen molar-refractivity contribution in [1.82, 2.24) is 0 Å². The second-order valence-electron chi connectivity index (χ2n) is 4.62. The molecule has 0 aromatic carbocycles. The third kappa shape index (κ3) is 2.82. The highest BCUT2D eigenvalue weighted by Crippen LogP contribution is 2.30. The van der Waals surface area contributed by atoms with E-state index in [4.69, 9.17) is 10.2 Å². The molecule has 0 spiro atoms. The highest BCUT2D eigenvalue weighted by molar-refractivity contribution is 7.92. The number of carbonyl (C=O) groups excluding carboxylic acids is 1. The maximum absolute atomic E-state index is 12.0. The standard InChI is InChI=1S/C12H17NO5S/c1-17-12(14)9-6-5-8(18-9)11(13)10-4-2-3-7-19(10,15)16/h5-6,10-11H,2-4,7,13H2,1H3. The van der Waals surface area contributed by atoms with Crippen LogP contribution in [0.15, 0.2) is 16.5 Å². The lowest BCUT2D eigenvalue weighted by Crippen LogP contribution is -2.37. The molecule has 0 amide bonds. The van der Waals surface area contributed by atoms with Crippen molar-refractivity contribution in [3.63, 3.8) is 0 Å². The zero-order valence-corrected chi connectivity index (χ0v) is 11.5. The van der Waals surface area contributed by atoms with Crippen molar-refractivity contribution in [1.29, 1.82) is 0 Å². The number of esters is 1. The lowest BCUT2D eigenvalue weighted by atomic mass is 10.1. The zero-order valence-electron chi connectivity index (χ0n) is 10.7. The Morgan fingerprint density at radius 2 is 2.21 bits per heavy atom. The van der Waals surface area contributed by atoms with Crippen molar-refractivity contribution in [2.24, 2.45) is 5.73 Å². The number of ether oxygens (including phenoxy) is 1. The lowest BCUT2D eigenvalue weighted by molar-refractivity contribution is 0.0562. The molecule has 0 aliphatic carbocycles. The van der Waals surface area contributed by atoms with Crippen LogP contribution in [-0.2, 0) is 14.6 Å². The van der Waals surface area contributed by atoms with E-state index in [-0.39, 0.29) is 11.5 Å². The number of hydrogen-bond acceptors (Lipinski definition) is 6. The fourth-order valence-electron chi connectivity index (χ4n) is 2.31. The average Bonchev–Trinajstić information content (AvgIpc) is 2.86. The second-order valence-corrected chi connectivity index (χ2v) is 6.96. The average molecular weight is 287 g/mol. The van der Waals surface area contributed by atoms with E-state index in [2.05, 4.69) is 4.74 Å². The number of sulfone groups is 1. The van der Waals surface area contributed by atoms with Gasteiger partial charge < -0.3 is 14.9 Å². The quantitative estimate of drug-likeness (QED) is 0.834. The van der Waals surface area contributed by atoms with E-state index >= 15 is 0 Å². The van der Waals surface area contributed by atoms with Gasteiger partial charge in [-0.15, -0.1) is 0 Å². The molecule has 1 aromatic rings. The van der Waals surface area contributed by atoms with Gasteiger partial charge in [-0.1, -0.05) is 6.42 Å². The number of methoxy groups -OCH3 is 1. The highest BCUT2D eigenvalue weighted by Gasteiger charge is 2.36. The molecule has 2 rings (SSSR count). The number of nitrogens with two attached hydrogens (primary N) is 1. The predicted octanol–water partition coefficient (Wildman–Crippen LogP) is 1.03. The van der Waals surface area contributed by atoms with E-state index in [1.54, 1.807) is 0 Å². The molecule has 6 nitrogen and oxygen atoms in total. The second kappa shape index (κ2) is 5.34. The van der Waals surface area contributed by atoms with Crippen LogP contribution in [0.3, 0.4) is 0 Å². The summed E-state index contributed by atoms with van der Waals surface area (Å²) in [5, 5.41) is -0.641. The number of carbonyl (C=O) groups is 1. The Balaban J connectivity index is 2.21. The molecule has 1 aliphatic rings. The van der Waals surface area contributed by atoms with E-state index in [1.807, 2.05) is 0 Å². The molecule has 2 N–H and O–H groups in total. The van der Waals surface area contributed by atoms with Crippen LogP contribution in [0.1, 0.15) is 41.6 Å². The number of hydrogen-bond donors (Lipinski definition) is 1. The summed E-state index contributed by atoms with van der Waals surface area (Å²) < 4.78 is 33.8. The summed E-state index contributed by atoms with van der Waals surface area (Å²) in [6, 6.07) is 2.22. The van der Waals surface area contributed by atoms with Crippen molar-refractivity contribution < 1.29 is 22.4 Å². The molecule has 19 heavy (non-hydrogen) atoms. The summed E-state index contributed by atoms with van der Waals surface area (Å²) in [6.07, 6.45) is 2.04. The summed E-state index contributed by atoms with van der Waals surface area (Å²) in [5.41, 5.74) is 5.98. The molecule has 2 atom stereocenters. The molecule has 1 aliphatic heterocycles. The van der Waals surface area contributed by atoms with Crippen LogP contribution in [0.25, 0.3) is 0 Å². The fourth-order valence-corrected chi connectivity index (χ4v) is 4.32. The minimum atomic E-state index is -3.19. The van der Waals surface area contributed by atoms with Crippen molar-refractivity contribution >= 4 is 15.8 Å². The third-order valence-corrected chi connectivity index (χ3v) is 5.68. The molecular formula is C12H17NO5S. The Morgan fingerprint density at radius 1 is 1.47 bits per heavy atom. The minimum absolute atomic E-state index is 0.0288. The molecular weight excluding hydrogens is 270 g/mol. The van der Waals surface area contributed by atoms with Crippen LogP contribution in [0.4, 0.5) is 0 Å². The van der Waals surface area contributed by atoms with Gasteiger partial charge in [-0.05, 0) is 25.0 Å². The van der Waals surface area contributed by atoms with Gasteiger partial charge in [0.25, 0.3) is 0 Å². The third-order valence-electron chi connectivity index (χ3n) is 3.37. The number of furan rings is 1. The van der Waals surface area contributed by atoms with Gasteiger partial charge in [0.2, 0.25) is 5.76 Å². The van der Waals surface area contributed by atoms with Crippen LogP contribution in [-0.4, -0.2) is 32.5 Å². The monoisotopic (exact) mass is 287 g/mol. The Bertz CT molecular complexity index is 562. The first-order valence-corrected chi connectivity index (χ1v) is 7.82. The molecule has 2 heterocycles. The molecule has 1 saturated heterocycles. The largest absolute Gasteiger partial charge is 0.463 e. The predicted molar refractivity (Wildman–Crippen MR) is 68.4 cm³/mol. The Hall–Kier alpha value is -1.34. The molecule has 2 unspecified atom stereocenters. The first kappa shape index (κ1) is 14.1. The SMILES string of the molecule is COC(=O)c1ccc(C(N)C2CCCCS2(=O)=O)o1. The van der Waals surface area contributed by atoms with Crippen LogP contribution < -0.4 is 5.73 Å². The van der Waals surface area contributed by atoms with Crippen molar-refractivity contribution in [2.45, 2.75) is 30.6 Å². The lowest BCUT2D eigenvalue weighted by Gasteiger charge is -2.26. The van der Waals surface area contributed by atoms with Crippen molar-refractivity contribution in [3.05, 3.63) is 23.7 Å². The molecule has 106 valence electrons. The summed E-state index contributed by atoms with van der Waals surface area (Å²) >= 11 is 0. The Labute approximate surface area is 111 Å². The smallest absolute Gasteiger partial charge is 0.373 e. The molecule has 0 radical (unpaired) electrons. The maximum Gasteiger partial charge on any atom is 0.373 e. The van der Waals surface area contributed by atoms with Gasteiger partial charge >= 0.3 is 5.97 Å². The van der Waals surface area contributed by atoms with Gasteiger partial charge in [-0.25, -0.2) is 13.2 Å². The van der Waals surface area contributed by atoms with Crippen molar-refractivity contribution in [2.75, 3.05) is 12.9 Å². The van der Waals surface area contributed by atoms with Gasteiger partial charge in [0.15, 0.2) is 9.84 Å². The van der Waals surface area contributed by atoms with Gasteiger partial charge in [0, 0.05) is 0 Å². The minimum Gasteiger partial charge on any atom is -0.463 e. The maximum atomic E-state index is 12.0. The summed E-state index contributed by atoms with van der Waals surface area (Å²) in [7, 11) is -1.94. The van der Waals surface area contributed by atoms with E-state index in [0.717, 1.165) is 6.42 Å². The summed E-state index contributed by atoms with van der Waals surface area (Å²) in [5.74, 6) is -0.113. The number of rotatable bonds is 3. The van der Waals surface area contributed by atoms with Gasteiger partial charge in [0.05, 0.1) is 24.2 Å². The zero-order chi connectivity index (χ0) is 14.0. The van der Waals surface area contributed by atoms with Gasteiger partial charge in [-0.2, -0.15) is 0 Å².